The van der Waals surface area contributed by atoms with Crippen molar-refractivity contribution in [1.29, 1.82) is 5.26 Å². The van der Waals surface area contributed by atoms with Crippen LogP contribution in [0.2, 0.25) is 0 Å². The van der Waals surface area contributed by atoms with Crippen molar-refractivity contribution in [2.75, 3.05) is 5.73 Å². The van der Waals surface area contributed by atoms with Crippen LogP contribution in [0.15, 0.2) is 48.8 Å². The number of nitriles is 1. The van der Waals surface area contributed by atoms with E-state index < -0.39 is 0 Å². The normalized spacial score (nSPS) is 10.8. The molecule has 0 bridgehead atoms. The smallest absolute Gasteiger partial charge is 0.206 e. The van der Waals surface area contributed by atoms with E-state index in [0.29, 0.717) is 22.9 Å². The molecule has 2 N–H and O–H groups in total. The molecule has 0 fully saturated rings. The molecule has 0 radical (unpaired) electrons. The summed E-state index contributed by atoms with van der Waals surface area (Å²) in [7, 11) is 0. The first-order valence-corrected chi connectivity index (χ1v) is 8.16. The Morgan fingerprint density at radius 3 is 2.54 bits per heavy atom. The van der Waals surface area contributed by atoms with E-state index in [1.807, 2.05) is 44.2 Å². The van der Waals surface area contributed by atoms with Crippen LogP contribution in [-0.2, 0) is 0 Å². The van der Waals surface area contributed by atoms with Gasteiger partial charge in [0.2, 0.25) is 5.95 Å². The zero-order valence-corrected chi connectivity index (χ0v) is 14.4. The van der Waals surface area contributed by atoms with Crippen molar-refractivity contribution < 1.29 is 0 Å². The van der Waals surface area contributed by atoms with Crippen molar-refractivity contribution in [1.82, 2.24) is 19.4 Å². The molecule has 0 aliphatic heterocycles. The topological polar surface area (TPSA) is 92.9 Å². The van der Waals surface area contributed by atoms with Crippen LogP contribution in [0.3, 0.4) is 0 Å². The largest absolute Gasteiger partial charge is 0.369 e. The van der Waals surface area contributed by atoms with E-state index in [1.165, 1.54) is 0 Å². The van der Waals surface area contributed by atoms with E-state index in [0.717, 1.165) is 28.1 Å². The average Bonchev–Trinajstić information content (AvgIpc) is 3.10. The Morgan fingerprint density at radius 1 is 1.08 bits per heavy atom. The van der Waals surface area contributed by atoms with Crippen molar-refractivity contribution in [3.05, 3.63) is 65.7 Å². The zero-order chi connectivity index (χ0) is 18.3. The lowest BCUT2D eigenvalue weighted by molar-refractivity contribution is 1.10. The lowest BCUT2D eigenvalue weighted by atomic mass is 9.96. The summed E-state index contributed by atoms with van der Waals surface area (Å²) < 4.78 is 1.75. The van der Waals surface area contributed by atoms with E-state index in [9.17, 15) is 5.26 Å². The first kappa shape index (κ1) is 15.8. The van der Waals surface area contributed by atoms with Gasteiger partial charge in [0.15, 0.2) is 0 Å². The van der Waals surface area contributed by atoms with Crippen molar-refractivity contribution in [3.63, 3.8) is 0 Å². The lowest BCUT2D eigenvalue weighted by Crippen LogP contribution is -2.05. The highest BCUT2D eigenvalue weighted by molar-refractivity contribution is 5.92. The minimum absolute atomic E-state index is 0.325. The summed E-state index contributed by atoms with van der Waals surface area (Å²) in [4.78, 5) is 13.6. The van der Waals surface area contributed by atoms with Crippen LogP contribution in [0.1, 0.15) is 17.0 Å². The SMILES string of the molecule is Cc1cc(-c2c(-c3ccccc3C#N)nc(N)n3ccnc23)cc(C)n1. The van der Waals surface area contributed by atoms with E-state index in [-0.39, 0.29) is 0 Å². The van der Waals surface area contributed by atoms with Crippen LogP contribution in [0, 0.1) is 25.2 Å². The molecule has 26 heavy (non-hydrogen) atoms. The number of hydrogen-bond donors (Lipinski definition) is 1. The number of hydrogen-bond acceptors (Lipinski definition) is 5. The average molecular weight is 340 g/mol. The highest BCUT2D eigenvalue weighted by Crippen LogP contribution is 2.36. The summed E-state index contributed by atoms with van der Waals surface area (Å²) in [5.74, 6) is 0.325. The summed E-state index contributed by atoms with van der Waals surface area (Å²) in [5, 5.41) is 9.53. The number of nitrogens with two attached hydrogens (primary N) is 1. The van der Waals surface area contributed by atoms with Crippen molar-refractivity contribution in [3.8, 4) is 28.5 Å². The number of benzene rings is 1. The summed E-state index contributed by atoms with van der Waals surface area (Å²) >= 11 is 0. The Hall–Kier alpha value is -3.72. The van der Waals surface area contributed by atoms with Crippen LogP contribution >= 0.6 is 0 Å². The standard InChI is InChI=1S/C20H16N6/c1-12-9-15(10-13(2)24-12)17-18(16-6-4-3-5-14(16)11-21)25-20(22)26-8-7-23-19(17)26/h3-10H,1-2H3,(H2,22,25). The minimum Gasteiger partial charge on any atom is -0.369 e. The molecule has 0 spiro atoms. The van der Waals surface area contributed by atoms with Gasteiger partial charge in [0.05, 0.1) is 22.9 Å². The predicted octanol–water partition coefficient (Wildman–Crippen LogP) is 3.53. The molecule has 126 valence electrons. The third-order valence-corrected chi connectivity index (χ3v) is 4.25. The highest BCUT2D eigenvalue weighted by atomic mass is 15.1. The second kappa shape index (κ2) is 5.97. The van der Waals surface area contributed by atoms with E-state index in [2.05, 4.69) is 21.0 Å². The molecule has 3 heterocycles. The van der Waals surface area contributed by atoms with E-state index in [1.54, 1.807) is 22.9 Å². The van der Waals surface area contributed by atoms with Crippen molar-refractivity contribution >= 4 is 11.6 Å². The summed E-state index contributed by atoms with van der Waals surface area (Å²) in [6.07, 6.45) is 3.47. The second-order valence-electron chi connectivity index (χ2n) is 6.11. The monoisotopic (exact) mass is 340 g/mol. The fraction of sp³-hybridized carbons (Fsp3) is 0.100. The molecule has 4 rings (SSSR count). The number of imidazole rings is 1. The molecule has 0 amide bonds. The summed E-state index contributed by atoms with van der Waals surface area (Å²) in [6.45, 7) is 3.90. The molecule has 0 saturated carbocycles. The van der Waals surface area contributed by atoms with Gasteiger partial charge in [-0.2, -0.15) is 5.26 Å². The third-order valence-electron chi connectivity index (χ3n) is 4.25. The molecule has 0 atom stereocenters. The number of nitrogens with zero attached hydrogens (tertiary/aromatic N) is 5. The van der Waals surface area contributed by atoms with Crippen LogP contribution in [-0.4, -0.2) is 19.4 Å². The number of nitrogen functional groups attached to an aromatic ring is 1. The van der Waals surface area contributed by atoms with Gasteiger partial charge in [-0.05, 0) is 37.6 Å². The van der Waals surface area contributed by atoms with Gasteiger partial charge in [0.1, 0.15) is 5.65 Å². The predicted molar refractivity (Wildman–Crippen MR) is 100 cm³/mol. The quantitative estimate of drug-likeness (QED) is 0.602. The molecule has 0 unspecified atom stereocenters. The third kappa shape index (κ3) is 2.47. The number of aryl methyl sites for hydroxylation is 2. The van der Waals surface area contributed by atoms with Gasteiger partial charge in [-0.3, -0.25) is 9.38 Å². The molecule has 1 aromatic carbocycles. The van der Waals surface area contributed by atoms with Gasteiger partial charge in [-0.1, -0.05) is 18.2 Å². The Morgan fingerprint density at radius 2 is 1.81 bits per heavy atom. The molecule has 6 nitrogen and oxygen atoms in total. The maximum atomic E-state index is 9.53. The van der Waals surface area contributed by atoms with Gasteiger partial charge < -0.3 is 5.73 Å². The first-order chi connectivity index (χ1) is 12.6. The number of fused-ring (bicyclic) bond motifs is 1. The molecule has 6 heteroatoms. The minimum atomic E-state index is 0.325. The molecule has 0 aliphatic rings. The van der Waals surface area contributed by atoms with Gasteiger partial charge in [-0.25, -0.2) is 9.97 Å². The Bertz CT molecular complexity index is 1160. The fourth-order valence-electron chi connectivity index (χ4n) is 3.23. The first-order valence-electron chi connectivity index (χ1n) is 8.16. The number of anilines is 1. The van der Waals surface area contributed by atoms with Gasteiger partial charge in [0.25, 0.3) is 0 Å². The number of rotatable bonds is 2. The molecule has 0 aliphatic carbocycles. The van der Waals surface area contributed by atoms with E-state index in [4.69, 9.17) is 5.73 Å². The van der Waals surface area contributed by atoms with Crippen LogP contribution in [0.25, 0.3) is 28.0 Å². The van der Waals surface area contributed by atoms with Crippen LogP contribution in [0.4, 0.5) is 5.95 Å². The molecule has 4 aromatic rings. The molecular weight excluding hydrogens is 324 g/mol. The molecular formula is C20H16N6. The van der Waals surface area contributed by atoms with Gasteiger partial charge in [-0.15, -0.1) is 0 Å². The summed E-state index contributed by atoms with van der Waals surface area (Å²) in [6, 6.07) is 13.6. The molecule has 0 saturated heterocycles. The highest BCUT2D eigenvalue weighted by Gasteiger charge is 2.19. The van der Waals surface area contributed by atoms with Gasteiger partial charge in [0, 0.05) is 29.3 Å². The maximum absolute atomic E-state index is 9.53. The van der Waals surface area contributed by atoms with Crippen LogP contribution in [0.5, 0.6) is 0 Å². The summed E-state index contributed by atoms with van der Waals surface area (Å²) in [5.41, 5.74) is 12.4. The second-order valence-corrected chi connectivity index (χ2v) is 6.11. The zero-order valence-electron chi connectivity index (χ0n) is 14.4. The Labute approximate surface area is 150 Å². The Kier molecular flexibility index (Phi) is 3.63. The van der Waals surface area contributed by atoms with Crippen LogP contribution < -0.4 is 5.73 Å². The van der Waals surface area contributed by atoms with Gasteiger partial charge >= 0.3 is 0 Å². The molecule has 3 aromatic heterocycles. The fourth-order valence-corrected chi connectivity index (χ4v) is 3.23. The lowest BCUT2D eigenvalue weighted by Gasteiger charge is -2.14. The van der Waals surface area contributed by atoms with Crippen molar-refractivity contribution in [2.24, 2.45) is 0 Å². The van der Waals surface area contributed by atoms with Crippen molar-refractivity contribution in [2.45, 2.75) is 13.8 Å². The maximum Gasteiger partial charge on any atom is 0.206 e. The van der Waals surface area contributed by atoms with E-state index >= 15 is 0 Å². The number of aromatic nitrogens is 4. The number of pyridine rings is 1. The Balaban J connectivity index is 2.15.